The number of carbonyl (C=O) groups excluding carboxylic acids is 3. The Morgan fingerprint density at radius 2 is 1.88 bits per heavy atom. The van der Waals surface area contributed by atoms with E-state index in [1.54, 1.807) is 19.3 Å². The van der Waals surface area contributed by atoms with Crippen molar-refractivity contribution in [3.8, 4) is 0 Å². The number of ether oxygens (including phenoxy) is 1. The fourth-order valence-electron chi connectivity index (χ4n) is 3.93. The molecule has 2 heterocycles. The third kappa shape index (κ3) is 6.39. The van der Waals surface area contributed by atoms with Crippen LogP contribution in [-0.2, 0) is 32.1 Å². The minimum Gasteiger partial charge on any atom is -0.461 e. The number of carbonyl (C=O) groups is 3. The van der Waals surface area contributed by atoms with E-state index in [9.17, 15) is 14.4 Å². The lowest BCUT2D eigenvalue weighted by atomic mass is 9.91. The molecule has 2 atom stereocenters. The normalized spacial score (nSPS) is 17.0. The zero-order valence-electron chi connectivity index (χ0n) is 18.8. The van der Waals surface area contributed by atoms with Gasteiger partial charge in [-0.1, -0.05) is 37.3 Å². The van der Waals surface area contributed by atoms with Crippen molar-refractivity contribution in [3.05, 3.63) is 66.0 Å². The van der Waals surface area contributed by atoms with Crippen molar-refractivity contribution in [2.75, 3.05) is 13.1 Å². The third-order valence-corrected chi connectivity index (χ3v) is 5.78. The number of aryl methyl sites for hydroxylation is 1. The molecule has 1 aliphatic heterocycles. The first-order chi connectivity index (χ1) is 15.5. The minimum absolute atomic E-state index is 0.0506. The Morgan fingerprint density at radius 1 is 1.16 bits per heavy atom. The van der Waals surface area contributed by atoms with Crippen molar-refractivity contribution in [1.29, 1.82) is 0 Å². The molecule has 7 nitrogen and oxygen atoms in total. The fourth-order valence-corrected chi connectivity index (χ4v) is 3.93. The fraction of sp³-hybridized carbons (Fsp3) is 0.440. The van der Waals surface area contributed by atoms with Gasteiger partial charge < -0.3 is 4.74 Å². The summed E-state index contributed by atoms with van der Waals surface area (Å²) in [5.74, 6) is -1.38. The number of esters is 1. The average Bonchev–Trinajstić information content (AvgIpc) is 2.81. The van der Waals surface area contributed by atoms with Crippen molar-refractivity contribution >= 4 is 17.8 Å². The number of piperidine rings is 1. The lowest BCUT2D eigenvalue weighted by Gasteiger charge is -2.40. The van der Waals surface area contributed by atoms with E-state index >= 15 is 0 Å². The second-order valence-electron chi connectivity index (χ2n) is 8.29. The molecule has 170 valence electrons. The van der Waals surface area contributed by atoms with Gasteiger partial charge in [0.15, 0.2) is 0 Å². The predicted octanol–water partition coefficient (Wildman–Crippen LogP) is 3.40. The number of hydrogen-bond acceptors (Lipinski definition) is 5. The molecule has 1 unspecified atom stereocenters. The summed E-state index contributed by atoms with van der Waals surface area (Å²) in [5.41, 5.74) is 2.04. The lowest BCUT2D eigenvalue weighted by Crippen LogP contribution is -2.55. The number of aromatic nitrogens is 1. The Bertz CT molecular complexity index is 904. The van der Waals surface area contributed by atoms with Crippen LogP contribution in [0, 0.1) is 11.8 Å². The van der Waals surface area contributed by atoms with Gasteiger partial charge in [-0.05, 0) is 48.9 Å². The van der Waals surface area contributed by atoms with Crippen LogP contribution in [0.3, 0.4) is 0 Å². The highest BCUT2D eigenvalue weighted by atomic mass is 16.5. The first-order valence-electron chi connectivity index (χ1n) is 11.1. The van der Waals surface area contributed by atoms with Gasteiger partial charge in [0.2, 0.25) is 11.8 Å². The second kappa shape index (κ2) is 11.4. The van der Waals surface area contributed by atoms with E-state index < -0.39 is 11.9 Å². The van der Waals surface area contributed by atoms with Gasteiger partial charge in [-0.3, -0.25) is 29.4 Å². The van der Waals surface area contributed by atoms with E-state index in [1.165, 1.54) is 16.9 Å². The van der Waals surface area contributed by atoms with Crippen LogP contribution in [0.1, 0.15) is 44.2 Å². The monoisotopic (exact) mass is 437 g/mol. The van der Waals surface area contributed by atoms with E-state index in [0.29, 0.717) is 6.54 Å². The minimum atomic E-state index is -0.549. The molecule has 0 spiro atoms. The van der Waals surface area contributed by atoms with Crippen molar-refractivity contribution in [3.63, 3.8) is 0 Å². The largest absolute Gasteiger partial charge is 0.461 e. The first-order valence-corrected chi connectivity index (χ1v) is 11.1. The van der Waals surface area contributed by atoms with Crippen molar-refractivity contribution in [2.45, 2.75) is 46.1 Å². The molecule has 3 rings (SSSR count). The molecule has 1 aromatic carbocycles. The number of rotatable bonds is 9. The summed E-state index contributed by atoms with van der Waals surface area (Å²) in [6.45, 7) is 3.93. The molecule has 1 aromatic heterocycles. The summed E-state index contributed by atoms with van der Waals surface area (Å²) >= 11 is 0. The number of nitrogens with zero attached hydrogens (tertiary/aromatic N) is 3. The maximum absolute atomic E-state index is 13.2. The van der Waals surface area contributed by atoms with Gasteiger partial charge in [0.05, 0.1) is 12.5 Å². The molecule has 2 amide bonds. The first kappa shape index (κ1) is 23.4. The molecule has 0 bridgehead atoms. The summed E-state index contributed by atoms with van der Waals surface area (Å²) < 4.78 is 5.41. The molecular formula is C25H31N3O4. The Labute approximate surface area is 189 Å². The van der Waals surface area contributed by atoms with E-state index in [-0.39, 0.29) is 30.9 Å². The summed E-state index contributed by atoms with van der Waals surface area (Å²) in [6.07, 6.45) is 6.64. The molecule has 1 aliphatic rings. The molecule has 1 saturated heterocycles. The van der Waals surface area contributed by atoms with Crippen molar-refractivity contribution in [2.24, 2.45) is 11.8 Å². The maximum atomic E-state index is 13.2. The van der Waals surface area contributed by atoms with Crippen LogP contribution in [0.2, 0.25) is 0 Å². The van der Waals surface area contributed by atoms with Crippen molar-refractivity contribution in [1.82, 2.24) is 15.0 Å². The molecule has 32 heavy (non-hydrogen) atoms. The van der Waals surface area contributed by atoms with Gasteiger partial charge in [0, 0.05) is 31.8 Å². The molecule has 0 saturated carbocycles. The quantitative estimate of drug-likeness (QED) is 0.562. The van der Waals surface area contributed by atoms with Crippen LogP contribution < -0.4 is 0 Å². The Balaban J connectivity index is 1.57. The summed E-state index contributed by atoms with van der Waals surface area (Å²) in [4.78, 5) is 42.1. The molecule has 2 aromatic rings. The zero-order valence-corrected chi connectivity index (χ0v) is 18.8. The Kier molecular flexibility index (Phi) is 8.36. The standard InChI is InChI=1S/C25H31N3O4/c1-19(25(31)32-18-22-7-4-3-5-8-22)17-28(20(2)29)27-16-6-9-23(24(27)30)11-10-21-12-14-26-15-13-21/h3-5,7-8,12-15,19,23H,6,9-11,16-18H2,1-2H3/t19?,23-/m0/s1. The molecule has 0 aliphatic carbocycles. The summed E-state index contributed by atoms with van der Waals surface area (Å²) in [6, 6.07) is 13.4. The van der Waals surface area contributed by atoms with E-state index in [1.807, 2.05) is 42.5 Å². The molecule has 0 N–H and O–H groups in total. The van der Waals surface area contributed by atoms with Crippen LogP contribution in [0.5, 0.6) is 0 Å². The maximum Gasteiger partial charge on any atom is 0.310 e. The average molecular weight is 438 g/mol. The summed E-state index contributed by atoms with van der Waals surface area (Å²) in [5, 5.41) is 2.94. The van der Waals surface area contributed by atoms with Gasteiger partial charge in [-0.2, -0.15) is 0 Å². The highest BCUT2D eigenvalue weighted by Gasteiger charge is 2.34. The smallest absolute Gasteiger partial charge is 0.310 e. The number of hydrazine groups is 1. The van der Waals surface area contributed by atoms with Crippen LogP contribution in [-0.4, -0.2) is 45.9 Å². The van der Waals surface area contributed by atoms with Crippen LogP contribution in [0.25, 0.3) is 0 Å². The van der Waals surface area contributed by atoms with Gasteiger partial charge >= 0.3 is 5.97 Å². The van der Waals surface area contributed by atoms with Crippen LogP contribution in [0.15, 0.2) is 54.9 Å². The van der Waals surface area contributed by atoms with E-state index in [4.69, 9.17) is 4.74 Å². The Morgan fingerprint density at radius 3 is 2.56 bits per heavy atom. The highest BCUT2D eigenvalue weighted by Crippen LogP contribution is 2.25. The van der Waals surface area contributed by atoms with Gasteiger partial charge in [-0.25, -0.2) is 0 Å². The van der Waals surface area contributed by atoms with E-state index in [0.717, 1.165) is 36.8 Å². The molecule has 1 fully saturated rings. The molecule has 0 radical (unpaired) electrons. The number of pyridine rings is 1. The Hall–Kier alpha value is -3.22. The van der Waals surface area contributed by atoms with E-state index in [2.05, 4.69) is 4.98 Å². The number of hydrogen-bond donors (Lipinski definition) is 0. The van der Waals surface area contributed by atoms with Gasteiger partial charge in [0.25, 0.3) is 0 Å². The van der Waals surface area contributed by atoms with Crippen LogP contribution >= 0.6 is 0 Å². The zero-order chi connectivity index (χ0) is 22.9. The third-order valence-electron chi connectivity index (χ3n) is 5.78. The van der Waals surface area contributed by atoms with Crippen molar-refractivity contribution < 1.29 is 19.1 Å². The molecule has 7 heteroatoms. The van der Waals surface area contributed by atoms with Gasteiger partial charge in [-0.15, -0.1) is 0 Å². The van der Waals surface area contributed by atoms with Crippen LogP contribution in [0.4, 0.5) is 0 Å². The topological polar surface area (TPSA) is 79.8 Å². The molecular weight excluding hydrogens is 406 g/mol. The SMILES string of the molecule is CC(=O)N(CC(C)C(=O)OCc1ccccc1)N1CCC[C@@H](CCc2ccncc2)C1=O. The lowest BCUT2D eigenvalue weighted by molar-refractivity contribution is -0.173. The second-order valence-corrected chi connectivity index (χ2v) is 8.29. The number of benzene rings is 1. The summed E-state index contributed by atoms with van der Waals surface area (Å²) in [7, 11) is 0. The predicted molar refractivity (Wildman–Crippen MR) is 120 cm³/mol. The van der Waals surface area contributed by atoms with Gasteiger partial charge in [0.1, 0.15) is 6.61 Å². The number of amides is 2. The highest BCUT2D eigenvalue weighted by molar-refractivity contribution is 5.83.